The number of hydrogen-bond donors (Lipinski definition) is 0. The minimum Gasteiger partial charge on any atom is -0.300 e. The normalized spacial score (nSPS) is 13.2. The summed E-state index contributed by atoms with van der Waals surface area (Å²) in [7, 11) is 0. The zero-order chi connectivity index (χ0) is 18.4. The lowest BCUT2D eigenvalue weighted by Crippen LogP contribution is -2.11. The van der Waals surface area contributed by atoms with Gasteiger partial charge in [-0.15, -0.1) is 0 Å². The number of Topliss-reactive ketones (excluding diaryl/α,β-unsaturated/α-hetero) is 1. The average Bonchev–Trinajstić information content (AvgIpc) is 2.45. The molecule has 0 aliphatic carbocycles. The Balaban J connectivity index is 3.74. The zero-order valence-corrected chi connectivity index (χ0v) is 17.3. The minimum atomic E-state index is 0.288. The Labute approximate surface area is 152 Å². The first kappa shape index (κ1) is 23.1. The van der Waals surface area contributed by atoms with E-state index in [1.165, 1.54) is 50.5 Å². The summed E-state index contributed by atoms with van der Waals surface area (Å²) in [4.78, 5) is 10.9. The molecule has 0 rings (SSSR count). The van der Waals surface area contributed by atoms with Gasteiger partial charge in [0, 0.05) is 6.42 Å². The van der Waals surface area contributed by atoms with Gasteiger partial charge >= 0.3 is 0 Å². The molecule has 1 nitrogen and oxygen atoms in total. The van der Waals surface area contributed by atoms with Gasteiger partial charge in [-0.25, -0.2) is 0 Å². The summed E-state index contributed by atoms with van der Waals surface area (Å²) >= 11 is 0. The van der Waals surface area contributed by atoms with Crippen molar-refractivity contribution in [2.75, 3.05) is 0 Å². The van der Waals surface area contributed by atoms with E-state index >= 15 is 0 Å². The highest BCUT2D eigenvalue weighted by molar-refractivity contribution is 5.75. The molecule has 24 heavy (non-hydrogen) atoms. The van der Waals surface area contributed by atoms with Crippen LogP contribution in [0.25, 0.3) is 0 Å². The van der Waals surface area contributed by atoms with Gasteiger partial charge in [0.15, 0.2) is 0 Å². The van der Waals surface area contributed by atoms with Crippen molar-refractivity contribution in [3.63, 3.8) is 0 Å². The van der Waals surface area contributed by atoms with Gasteiger partial charge in [0.05, 0.1) is 0 Å². The fourth-order valence-corrected chi connectivity index (χ4v) is 3.08. The average molecular weight is 335 g/mol. The van der Waals surface area contributed by atoms with Gasteiger partial charge in [-0.05, 0) is 77.0 Å². The maximum absolute atomic E-state index is 10.9. The van der Waals surface area contributed by atoms with Crippen molar-refractivity contribution in [3.05, 3.63) is 23.8 Å². The molecular formula is C23H42O. The number of allylic oxidation sites excluding steroid dienone is 4. The number of rotatable bonds is 14. The SMILES string of the molecule is CC(=O)CC/C=C/CCCC(C)(C)CCCC(C)CCC=C(C)C. The molecule has 0 N–H and O–H groups in total. The minimum absolute atomic E-state index is 0.288. The van der Waals surface area contributed by atoms with Crippen LogP contribution in [0.4, 0.5) is 0 Å². The highest BCUT2D eigenvalue weighted by Crippen LogP contribution is 2.31. The number of ketones is 1. The molecular weight excluding hydrogens is 292 g/mol. The van der Waals surface area contributed by atoms with Gasteiger partial charge in [0.1, 0.15) is 5.78 Å². The summed E-state index contributed by atoms with van der Waals surface area (Å²) in [6, 6.07) is 0. The lowest BCUT2D eigenvalue weighted by atomic mass is 9.81. The van der Waals surface area contributed by atoms with E-state index in [4.69, 9.17) is 0 Å². The maximum Gasteiger partial charge on any atom is 0.130 e. The van der Waals surface area contributed by atoms with Gasteiger partial charge in [0.2, 0.25) is 0 Å². The van der Waals surface area contributed by atoms with Crippen molar-refractivity contribution in [1.29, 1.82) is 0 Å². The molecule has 0 aromatic carbocycles. The molecule has 1 unspecified atom stereocenters. The van der Waals surface area contributed by atoms with Crippen molar-refractivity contribution in [3.8, 4) is 0 Å². The van der Waals surface area contributed by atoms with E-state index in [2.05, 4.69) is 52.8 Å². The molecule has 1 heteroatoms. The van der Waals surface area contributed by atoms with Crippen molar-refractivity contribution >= 4 is 5.78 Å². The highest BCUT2D eigenvalue weighted by atomic mass is 16.1. The van der Waals surface area contributed by atoms with Gasteiger partial charge < -0.3 is 4.79 Å². The Morgan fingerprint density at radius 2 is 1.54 bits per heavy atom. The summed E-state index contributed by atoms with van der Waals surface area (Å²) in [5, 5.41) is 0. The third kappa shape index (κ3) is 16.0. The third-order valence-electron chi connectivity index (χ3n) is 4.82. The highest BCUT2D eigenvalue weighted by Gasteiger charge is 2.17. The predicted octanol–water partition coefficient (Wildman–Crippen LogP) is 7.66. The molecule has 0 aliphatic heterocycles. The zero-order valence-electron chi connectivity index (χ0n) is 17.3. The quantitative estimate of drug-likeness (QED) is 0.235. The second kappa shape index (κ2) is 13.4. The number of carbonyl (C=O) groups excluding carboxylic acids is 1. The molecule has 1 atom stereocenters. The van der Waals surface area contributed by atoms with Crippen molar-refractivity contribution < 1.29 is 4.79 Å². The lowest BCUT2D eigenvalue weighted by Gasteiger charge is -2.25. The Kier molecular flexibility index (Phi) is 13.0. The second-order valence-electron chi connectivity index (χ2n) is 8.62. The first-order valence-electron chi connectivity index (χ1n) is 10.0. The molecule has 0 fully saturated rings. The molecule has 0 aromatic heterocycles. The Morgan fingerprint density at radius 3 is 2.17 bits per heavy atom. The summed E-state index contributed by atoms with van der Waals surface area (Å²) in [6.45, 7) is 13.3. The summed E-state index contributed by atoms with van der Waals surface area (Å²) in [5.41, 5.74) is 1.91. The van der Waals surface area contributed by atoms with E-state index in [9.17, 15) is 4.79 Å². The van der Waals surface area contributed by atoms with Crippen LogP contribution in [0.2, 0.25) is 0 Å². The molecule has 0 aliphatic rings. The number of unbranched alkanes of at least 4 members (excludes halogenated alkanes) is 1. The van der Waals surface area contributed by atoms with Crippen LogP contribution < -0.4 is 0 Å². The van der Waals surface area contributed by atoms with E-state index in [-0.39, 0.29) is 5.78 Å². The van der Waals surface area contributed by atoms with Crippen LogP contribution in [-0.4, -0.2) is 5.78 Å². The van der Waals surface area contributed by atoms with Crippen molar-refractivity contribution in [2.45, 2.75) is 106 Å². The topological polar surface area (TPSA) is 17.1 Å². The molecule has 0 bridgehead atoms. The van der Waals surface area contributed by atoms with Crippen molar-refractivity contribution in [1.82, 2.24) is 0 Å². The molecule has 0 saturated heterocycles. The smallest absolute Gasteiger partial charge is 0.130 e. The van der Waals surface area contributed by atoms with Crippen LogP contribution >= 0.6 is 0 Å². The van der Waals surface area contributed by atoms with E-state index in [1.807, 2.05) is 0 Å². The van der Waals surface area contributed by atoms with Crippen molar-refractivity contribution in [2.24, 2.45) is 11.3 Å². The van der Waals surface area contributed by atoms with Crippen LogP contribution in [0, 0.1) is 11.3 Å². The van der Waals surface area contributed by atoms with Gasteiger partial charge in [-0.1, -0.05) is 57.4 Å². The van der Waals surface area contributed by atoms with Crippen LogP contribution in [0.15, 0.2) is 23.8 Å². The van der Waals surface area contributed by atoms with Crippen LogP contribution in [0.3, 0.4) is 0 Å². The molecule has 0 amide bonds. The Hall–Kier alpha value is -0.850. The van der Waals surface area contributed by atoms with E-state index in [0.717, 1.165) is 18.8 Å². The van der Waals surface area contributed by atoms with Gasteiger partial charge in [0.25, 0.3) is 0 Å². The predicted molar refractivity (Wildman–Crippen MR) is 108 cm³/mol. The van der Waals surface area contributed by atoms with Gasteiger partial charge in [-0.2, -0.15) is 0 Å². The second-order valence-corrected chi connectivity index (χ2v) is 8.62. The van der Waals surface area contributed by atoms with E-state index in [1.54, 1.807) is 6.92 Å². The Morgan fingerprint density at radius 1 is 0.917 bits per heavy atom. The summed E-state index contributed by atoms with van der Waals surface area (Å²) in [5.74, 6) is 1.14. The van der Waals surface area contributed by atoms with E-state index < -0.39 is 0 Å². The van der Waals surface area contributed by atoms with Crippen LogP contribution in [0.5, 0.6) is 0 Å². The lowest BCUT2D eigenvalue weighted by molar-refractivity contribution is -0.116. The van der Waals surface area contributed by atoms with E-state index in [0.29, 0.717) is 11.8 Å². The summed E-state index contributed by atoms with van der Waals surface area (Å²) in [6.07, 6.45) is 18.7. The largest absolute Gasteiger partial charge is 0.300 e. The maximum atomic E-state index is 10.9. The molecule has 140 valence electrons. The van der Waals surface area contributed by atoms with Crippen LogP contribution in [-0.2, 0) is 4.79 Å². The number of hydrogen-bond acceptors (Lipinski definition) is 1. The molecule has 0 spiro atoms. The number of carbonyl (C=O) groups is 1. The standard InChI is InChI=1S/C23H42O/c1-20(2)14-12-15-21(3)16-13-19-23(5,6)18-11-9-7-8-10-17-22(4)24/h7-8,14,21H,9-13,15-19H2,1-6H3/b8-7+. The first-order chi connectivity index (χ1) is 11.2. The third-order valence-corrected chi connectivity index (χ3v) is 4.82. The molecule has 0 radical (unpaired) electrons. The monoisotopic (exact) mass is 334 g/mol. The fourth-order valence-electron chi connectivity index (χ4n) is 3.08. The molecule has 0 saturated carbocycles. The summed E-state index contributed by atoms with van der Waals surface area (Å²) < 4.78 is 0. The van der Waals surface area contributed by atoms with Crippen LogP contribution in [0.1, 0.15) is 106 Å². The fraction of sp³-hybridized carbons (Fsp3) is 0.783. The molecule has 0 aromatic rings. The Bertz CT molecular complexity index is 383. The first-order valence-corrected chi connectivity index (χ1v) is 10.0. The van der Waals surface area contributed by atoms with Gasteiger partial charge in [-0.3, -0.25) is 0 Å². The molecule has 0 heterocycles.